The molecule has 0 bridgehead atoms. The predicted molar refractivity (Wildman–Crippen MR) is 88.1 cm³/mol. The van der Waals surface area contributed by atoms with Crippen molar-refractivity contribution in [2.45, 2.75) is 6.54 Å². The first-order chi connectivity index (χ1) is 11.5. The molecule has 126 valence electrons. The van der Waals surface area contributed by atoms with Crippen LogP contribution in [0.5, 0.6) is 11.5 Å². The quantitative estimate of drug-likeness (QED) is 0.576. The van der Waals surface area contributed by atoms with Gasteiger partial charge in [0, 0.05) is 19.7 Å². The molecule has 7 heteroatoms. The molecular formula is C17H18N2O5. The first-order valence-electron chi connectivity index (χ1n) is 7.23. The number of nitro benzene ring substituents is 1. The Bertz CT molecular complexity index is 732. The zero-order valence-corrected chi connectivity index (χ0v) is 13.5. The van der Waals surface area contributed by atoms with Crippen LogP contribution in [0.25, 0.3) is 0 Å². The number of hydrogen-bond acceptors (Lipinski definition) is 5. The molecule has 0 aliphatic rings. The summed E-state index contributed by atoms with van der Waals surface area (Å²) in [7, 11) is 3.25. The lowest BCUT2D eigenvalue weighted by molar-refractivity contribution is -0.384. The van der Waals surface area contributed by atoms with Crippen molar-refractivity contribution < 1.29 is 19.2 Å². The minimum atomic E-state index is -0.510. The zero-order valence-electron chi connectivity index (χ0n) is 13.5. The largest absolute Gasteiger partial charge is 0.497 e. The molecule has 2 aromatic rings. The number of non-ortho nitro benzene ring substituents is 1. The maximum atomic E-state index is 12.1. The number of amides is 1. The lowest BCUT2D eigenvalue weighted by atomic mass is 10.2. The number of hydrogen-bond donors (Lipinski definition) is 0. The molecule has 0 atom stereocenters. The number of carbonyl (C=O) groups is 1. The summed E-state index contributed by atoms with van der Waals surface area (Å²) in [4.78, 5) is 23.9. The summed E-state index contributed by atoms with van der Waals surface area (Å²) in [5, 5.41) is 10.7. The molecule has 0 saturated carbocycles. The molecule has 0 N–H and O–H groups in total. The number of rotatable bonds is 7. The SMILES string of the molecule is COc1cccc(CN(C)C(=O)COc2cccc([N+](=O)[O-])c2)c1. The maximum Gasteiger partial charge on any atom is 0.273 e. The van der Waals surface area contributed by atoms with Gasteiger partial charge in [0.1, 0.15) is 11.5 Å². The van der Waals surface area contributed by atoms with Crippen molar-refractivity contribution in [1.29, 1.82) is 0 Å². The molecule has 0 radical (unpaired) electrons. The van der Waals surface area contributed by atoms with Gasteiger partial charge in [0.25, 0.3) is 11.6 Å². The van der Waals surface area contributed by atoms with Gasteiger partial charge in [0.15, 0.2) is 6.61 Å². The van der Waals surface area contributed by atoms with Crippen molar-refractivity contribution in [2.75, 3.05) is 20.8 Å². The van der Waals surface area contributed by atoms with Crippen LogP contribution in [0, 0.1) is 10.1 Å². The molecule has 7 nitrogen and oxygen atoms in total. The fourth-order valence-corrected chi connectivity index (χ4v) is 2.07. The van der Waals surface area contributed by atoms with E-state index in [0.717, 1.165) is 11.3 Å². The van der Waals surface area contributed by atoms with E-state index in [4.69, 9.17) is 9.47 Å². The van der Waals surface area contributed by atoms with E-state index < -0.39 is 4.92 Å². The smallest absolute Gasteiger partial charge is 0.273 e. The molecule has 0 aliphatic carbocycles. The highest BCUT2D eigenvalue weighted by atomic mass is 16.6. The van der Waals surface area contributed by atoms with Gasteiger partial charge in [-0.3, -0.25) is 14.9 Å². The third-order valence-corrected chi connectivity index (χ3v) is 3.37. The topological polar surface area (TPSA) is 81.9 Å². The van der Waals surface area contributed by atoms with Crippen LogP contribution in [-0.4, -0.2) is 36.5 Å². The number of methoxy groups -OCH3 is 1. The Hall–Kier alpha value is -3.09. The van der Waals surface area contributed by atoms with Crippen molar-refractivity contribution in [3.63, 3.8) is 0 Å². The highest BCUT2D eigenvalue weighted by Crippen LogP contribution is 2.19. The Morgan fingerprint density at radius 3 is 2.58 bits per heavy atom. The molecule has 24 heavy (non-hydrogen) atoms. The average molecular weight is 330 g/mol. The summed E-state index contributed by atoms with van der Waals surface area (Å²) in [6.07, 6.45) is 0. The van der Waals surface area contributed by atoms with Crippen molar-refractivity contribution >= 4 is 11.6 Å². The minimum absolute atomic E-state index is 0.0790. The van der Waals surface area contributed by atoms with Gasteiger partial charge in [0.2, 0.25) is 0 Å². The number of nitrogens with zero attached hydrogens (tertiary/aromatic N) is 2. The van der Waals surface area contributed by atoms with Crippen molar-refractivity contribution in [2.24, 2.45) is 0 Å². The van der Waals surface area contributed by atoms with Crippen LogP contribution < -0.4 is 9.47 Å². The van der Waals surface area contributed by atoms with Gasteiger partial charge in [-0.2, -0.15) is 0 Å². The van der Waals surface area contributed by atoms with E-state index in [9.17, 15) is 14.9 Å². The molecule has 0 aliphatic heterocycles. The number of ether oxygens (including phenoxy) is 2. The van der Waals surface area contributed by atoms with Gasteiger partial charge in [-0.15, -0.1) is 0 Å². The van der Waals surface area contributed by atoms with Gasteiger partial charge in [-0.05, 0) is 23.8 Å². The lowest BCUT2D eigenvalue weighted by Gasteiger charge is -2.18. The summed E-state index contributed by atoms with van der Waals surface area (Å²) in [6.45, 7) is 0.218. The van der Waals surface area contributed by atoms with Crippen LogP contribution >= 0.6 is 0 Å². The Morgan fingerprint density at radius 1 is 1.17 bits per heavy atom. The second-order valence-corrected chi connectivity index (χ2v) is 5.14. The molecule has 1 amide bonds. The van der Waals surface area contributed by atoms with Gasteiger partial charge in [-0.25, -0.2) is 0 Å². The molecule has 0 unspecified atom stereocenters. The van der Waals surface area contributed by atoms with Crippen molar-refractivity contribution in [3.8, 4) is 11.5 Å². The standard InChI is InChI=1S/C17H18N2O5/c1-18(11-13-5-3-7-15(9-13)23-2)17(20)12-24-16-8-4-6-14(10-16)19(21)22/h3-10H,11-12H2,1-2H3. The van der Waals surface area contributed by atoms with E-state index >= 15 is 0 Å². The monoisotopic (exact) mass is 330 g/mol. The summed E-state index contributed by atoms with van der Waals surface area (Å²) in [6, 6.07) is 13.2. The lowest BCUT2D eigenvalue weighted by Crippen LogP contribution is -2.30. The highest BCUT2D eigenvalue weighted by molar-refractivity contribution is 5.77. The fourth-order valence-electron chi connectivity index (χ4n) is 2.07. The highest BCUT2D eigenvalue weighted by Gasteiger charge is 2.12. The van der Waals surface area contributed by atoms with Gasteiger partial charge < -0.3 is 14.4 Å². The maximum absolute atomic E-state index is 12.1. The minimum Gasteiger partial charge on any atom is -0.497 e. The number of nitro groups is 1. The van der Waals surface area contributed by atoms with Gasteiger partial charge in [0.05, 0.1) is 18.1 Å². The first-order valence-corrected chi connectivity index (χ1v) is 7.23. The van der Waals surface area contributed by atoms with Crippen molar-refractivity contribution in [1.82, 2.24) is 4.90 Å². The summed E-state index contributed by atoms with van der Waals surface area (Å²) in [5.74, 6) is 0.776. The van der Waals surface area contributed by atoms with E-state index in [2.05, 4.69) is 0 Å². The third kappa shape index (κ3) is 4.70. The van der Waals surface area contributed by atoms with Crippen LogP contribution in [0.3, 0.4) is 0 Å². The molecular weight excluding hydrogens is 312 g/mol. The molecule has 0 aromatic heterocycles. The summed E-state index contributed by atoms with van der Waals surface area (Å²) >= 11 is 0. The second kappa shape index (κ2) is 7.96. The molecule has 2 aromatic carbocycles. The van der Waals surface area contributed by atoms with E-state index in [1.165, 1.54) is 23.1 Å². The Labute approximate surface area is 139 Å². The molecule has 0 spiro atoms. The van der Waals surface area contributed by atoms with Crippen LogP contribution in [0.1, 0.15) is 5.56 Å². The van der Waals surface area contributed by atoms with Crippen LogP contribution in [0.15, 0.2) is 48.5 Å². The van der Waals surface area contributed by atoms with E-state index in [-0.39, 0.29) is 24.0 Å². The van der Waals surface area contributed by atoms with E-state index in [1.54, 1.807) is 20.2 Å². The normalized spacial score (nSPS) is 10.1. The van der Waals surface area contributed by atoms with Crippen molar-refractivity contribution in [3.05, 3.63) is 64.2 Å². The van der Waals surface area contributed by atoms with Gasteiger partial charge >= 0.3 is 0 Å². The van der Waals surface area contributed by atoms with E-state index in [0.29, 0.717) is 6.54 Å². The fraction of sp³-hybridized carbons (Fsp3) is 0.235. The Morgan fingerprint density at radius 2 is 1.88 bits per heavy atom. The average Bonchev–Trinajstić information content (AvgIpc) is 2.60. The number of likely N-dealkylation sites (N-methyl/N-ethyl adjacent to an activating group) is 1. The predicted octanol–water partition coefficient (Wildman–Crippen LogP) is 2.64. The van der Waals surface area contributed by atoms with Crippen LogP contribution in [0.2, 0.25) is 0 Å². The molecule has 0 fully saturated rings. The second-order valence-electron chi connectivity index (χ2n) is 5.14. The number of benzene rings is 2. The summed E-state index contributed by atoms with van der Waals surface area (Å²) in [5.41, 5.74) is 0.852. The summed E-state index contributed by atoms with van der Waals surface area (Å²) < 4.78 is 10.5. The molecule has 0 heterocycles. The van der Waals surface area contributed by atoms with E-state index in [1.807, 2.05) is 24.3 Å². The van der Waals surface area contributed by atoms with Gasteiger partial charge in [-0.1, -0.05) is 18.2 Å². The molecule has 0 saturated heterocycles. The first kappa shape index (κ1) is 17.3. The Kier molecular flexibility index (Phi) is 5.73. The third-order valence-electron chi connectivity index (χ3n) is 3.37. The van der Waals surface area contributed by atoms with Crippen LogP contribution in [0.4, 0.5) is 5.69 Å². The number of carbonyl (C=O) groups excluding carboxylic acids is 1. The molecule has 2 rings (SSSR count). The van der Waals surface area contributed by atoms with Crippen LogP contribution in [-0.2, 0) is 11.3 Å². The zero-order chi connectivity index (χ0) is 17.5. The Balaban J connectivity index is 1.91.